The van der Waals surface area contributed by atoms with Crippen molar-refractivity contribution in [1.82, 2.24) is 10.6 Å². The molecular weight excluding hydrogens is 418 g/mol. The highest BCUT2D eigenvalue weighted by Crippen LogP contribution is 2.17. The fraction of sp³-hybridized carbons (Fsp3) is 0.348. The molecule has 0 unspecified atom stereocenters. The Balaban J connectivity index is 1.77. The minimum atomic E-state index is -0.649. The highest BCUT2D eigenvalue weighted by atomic mass is 35.5. The second-order valence-corrected chi connectivity index (χ2v) is 8.38. The molecule has 0 saturated heterocycles. The highest BCUT2D eigenvalue weighted by Gasteiger charge is 2.16. The Kier molecular flexibility index (Phi) is 8.88. The Morgan fingerprint density at radius 3 is 2.42 bits per heavy atom. The molecule has 0 bridgehead atoms. The number of carbonyl (C=O) groups is 3. The van der Waals surface area contributed by atoms with E-state index < -0.39 is 11.7 Å². The highest BCUT2D eigenvalue weighted by molar-refractivity contribution is 6.31. The van der Waals surface area contributed by atoms with Gasteiger partial charge in [-0.05, 0) is 56.5 Å². The van der Waals surface area contributed by atoms with E-state index in [4.69, 9.17) is 16.3 Å². The first-order valence-electron chi connectivity index (χ1n) is 9.98. The van der Waals surface area contributed by atoms with Crippen molar-refractivity contribution in [2.24, 2.45) is 0 Å². The normalized spacial score (nSPS) is 10.8. The van der Waals surface area contributed by atoms with E-state index in [9.17, 15) is 14.4 Å². The molecule has 166 valence electrons. The van der Waals surface area contributed by atoms with Crippen LogP contribution in [0.3, 0.4) is 0 Å². The van der Waals surface area contributed by atoms with Gasteiger partial charge in [-0.2, -0.15) is 0 Å². The van der Waals surface area contributed by atoms with E-state index in [2.05, 4.69) is 16.0 Å². The van der Waals surface area contributed by atoms with Crippen molar-refractivity contribution < 1.29 is 19.1 Å². The first-order valence-corrected chi connectivity index (χ1v) is 10.4. The van der Waals surface area contributed by atoms with Crippen LogP contribution in [0, 0.1) is 0 Å². The van der Waals surface area contributed by atoms with E-state index in [1.807, 2.05) is 24.3 Å². The molecule has 0 atom stereocenters. The average Bonchev–Trinajstić information content (AvgIpc) is 2.69. The lowest BCUT2D eigenvalue weighted by Gasteiger charge is -2.19. The summed E-state index contributed by atoms with van der Waals surface area (Å²) in [5.41, 5.74) is 1.76. The summed E-state index contributed by atoms with van der Waals surface area (Å²) in [6.07, 6.45) is 0.205. The van der Waals surface area contributed by atoms with Crippen molar-refractivity contribution in [1.29, 1.82) is 0 Å². The van der Waals surface area contributed by atoms with Gasteiger partial charge in [-0.25, -0.2) is 4.79 Å². The van der Waals surface area contributed by atoms with E-state index >= 15 is 0 Å². The van der Waals surface area contributed by atoms with Gasteiger partial charge in [-0.15, -0.1) is 0 Å². The molecule has 0 saturated carbocycles. The molecule has 2 aromatic rings. The second kappa shape index (κ2) is 11.4. The van der Waals surface area contributed by atoms with Gasteiger partial charge in [-0.3, -0.25) is 9.59 Å². The van der Waals surface area contributed by atoms with Crippen LogP contribution < -0.4 is 16.0 Å². The number of ether oxygens (including phenoxy) is 1. The number of alkyl carbamates (subject to hydrolysis) is 1. The number of anilines is 1. The molecule has 0 radical (unpaired) electrons. The fourth-order valence-electron chi connectivity index (χ4n) is 2.66. The molecule has 0 aliphatic carbocycles. The Labute approximate surface area is 187 Å². The zero-order valence-corrected chi connectivity index (χ0v) is 18.7. The molecule has 0 spiro atoms. The topological polar surface area (TPSA) is 96.5 Å². The SMILES string of the molecule is CC(C)(C)OC(=O)NCC(=O)NCc1cccc(NC(=O)CCc2ccccc2Cl)c1. The van der Waals surface area contributed by atoms with Gasteiger partial charge in [0.15, 0.2) is 0 Å². The zero-order chi connectivity index (χ0) is 22.9. The molecule has 0 aliphatic heterocycles. The van der Waals surface area contributed by atoms with E-state index in [-0.39, 0.29) is 24.9 Å². The minimum Gasteiger partial charge on any atom is -0.444 e. The summed E-state index contributed by atoms with van der Waals surface area (Å²) >= 11 is 6.12. The van der Waals surface area contributed by atoms with Crippen molar-refractivity contribution >= 4 is 35.2 Å². The summed E-state index contributed by atoms with van der Waals surface area (Å²) in [4.78, 5) is 35.8. The van der Waals surface area contributed by atoms with Crippen LogP contribution in [-0.2, 0) is 27.3 Å². The molecule has 8 heteroatoms. The first kappa shape index (κ1) is 24.2. The predicted octanol–water partition coefficient (Wildman–Crippen LogP) is 4.05. The monoisotopic (exact) mass is 445 g/mol. The lowest BCUT2D eigenvalue weighted by molar-refractivity contribution is -0.120. The molecular formula is C23H28ClN3O4. The van der Waals surface area contributed by atoms with Gasteiger partial charge < -0.3 is 20.7 Å². The molecule has 7 nitrogen and oxygen atoms in total. The average molecular weight is 446 g/mol. The Morgan fingerprint density at radius 1 is 0.968 bits per heavy atom. The number of nitrogens with one attached hydrogen (secondary N) is 3. The van der Waals surface area contributed by atoms with Crippen molar-refractivity contribution in [3.8, 4) is 0 Å². The van der Waals surface area contributed by atoms with Gasteiger partial charge in [0.2, 0.25) is 11.8 Å². The van der Waals surface area contributed by atoms with Crippen LogP contribution in [0.2, 0.25) is 5.02 Å². The lowest BCUT2D eigenvalue weighted by atomic mass is 10.1. The summed E-state index contributed by atoms with van der Waals surface area (Å²) in [6, 6.07) is 14.6. The number of carbonyl (C=O) groups excluding carboxylic acids is 3. The van der Waals surface area contributed by atoms with Crippen molar-refractivity contribution in [3.05, 3.63) is 64.7 Å². The number of amides is 3. The summed E-state index contributed by atoms with van der Waals surface area (Å²) in [7, 11) is 0. The summed E-state index contributed by atoms with van der Waals surface area (Å²) in [5, 5.41) is 8.62. The number of hydrogen-bond acceptors (Lipinski definition) is 4. The van der Waals surface area contributed by atoms with Gasteiger partial charge in [-0.1, -0.05) is 41.9 Å². The van der Waals surface area contributed by atoms with Crippen LogP contribution in [0.5, 0.6) is 0 Å². The van der Waals surface area contributed by atoms with Gasteiger partial charge in [0.1, 0.15) is 12.1 Å². The van der Waals surface area contributed by atoms with Crippen LogP contribution in [0.1, 0.15) is 38.3 Å². The van der Waals surface area contributed by atoms with Gasteiger partial charge in [0.25, 0.3) is 0 Å². The molecule has 2 aromatic carbocycles. The third kappa shape index (κ3) is 9.53. The van der Waals surface area contributed by atoms with Crippen LogP contribution >= 0.6 is 11.6 Å². The number of benzene rings is 2. The molecule has 0 fully saturated rings. The van der Waals surface area contributed by atoms with Crippen LogP contribution in [0.15, 0.2) is 48.5 Å². The van der Waals surface area contributed by atoms with Gasteiger partial charge in [0, 0.05) is 23.7 Å². The summed E-state index contributed by atoms with van der Waals surface area (Å²) < 4.78 is 5.08. The maximum absolute atomic E-state index is 12.2. The summed E-state index contributed by atoms with van der Waals surface area (Å²) in [5.74, 6) is -0.470. The third-order valence-corrected chi connectivity index (χ3v) is 4.44. The largest absolute Gasteiger partial charge is 0.444 e. The maximum Gasteiger partial charge on any atom is 0.408 e. The van der Waals surface area contributed by atoms with Crippen LogP contribution in [0.25, 0.3) is 0 Å². The zero-order valence-electron chi connectivity index (χ0n) is 18.0. The molecule has 3 amide bonds. The predicted molar refractivity (Wildman–Crippen MR) is 121 cm³/mol. The third-order valence-electron chi connectivity index (χ3n) is 4.07. The Morgan fingerprint density at radius 2 is 1.71 bits per heavy atom. The number of aryl methyl sites for hydroxylation is 1. The van der Waals surface area contributed by atoms with Gasteiger partial charge >= 0.3 is 6.09 Å². The summed E-state index contributed by atoms with van der Waals surface area (Å²) in [6.45, 7) is 5.31. The number of rotatable bonds is 8. The van der Waals surface area contributed by atoms with Crippen molar-refractivity contribution in [2.45, 2.75) is 45.8 Å². The van der Waals surface area contributed by atoms with E-state index in [0.717, 1.165) is 11.1 Å². The maximum atomic E-state index is 12.2. The van der Waals surface area contributed by atoms with Crippen LogP contribution in [-0.4, -0.2) is 30.1 Å². The van der Waals surface area contributed by atoms with E-state index in [0.29, 0.717) is 23.6 Å². The first-order chi connectivity index (χ1) is 14.6. The Hall–Kier alpha value is -3.06. The molecule has 0 aliphatic rings. The Bertz CT molecular complexity index is 925. The van der Waals surface area contributed by atoms with Gasteiger partial charge in [0.05, 0.1) is 0 Å². The van der Waals surface area contributed by atoms with Crippen molar-refractivity contribution in [2.75, 3.05) is 11.9 Å². The molecule has 3 N–H and O–H groups in total. The minimum absolute atomic E-state index is 0.123. The van der Waals surface area contributed by atoms with Crippen molar-refractivity contribution in [3.63, 3.8) is 0 Å². The van der Waals surface area contributed by atoms with E-state index in [1.54, 1.807) is 45.0 Å². The number of halogens is 1. The second-order valence-electron chi connectivity index (χ2n) is 7.97. The smallest absolute Gasteiger partial charge is 0.408 e. The number of hydrogen-bond donors (Lipinski definition) is 3. The quantitative estimate of drug-likeness (QED) is 0.571. The fourth-order valence-corrected chi connectivity index (χ4v) is 2.89. The standard InChI is InChI=1S/C23H28ClN3O4/c1-23(2,3)31-22(30)26-15-21(29)25-14-16-7-6-9-18(13-16)27-20(28)12-11-17-8-4-5-10-19(17)24/h4-10,13H,11-12,14-15H2,1-3H3,(H,25,29)(H,26,30)(H,27,28). The van der Waals surface area contributed by atoms with Crippen LogP contribution in [0.4, 0.5) is 10.5 Å². The lowest BCUT2D eigenvalue weighted by Crippen LogP contribution is -2.39. The van der Waals surface area contributed by atoms with E-state index in [1.165, 1.54) is 0 Å². The molecule has 2 rings (SSSR count). The molecule has 0 aromatic heterocycles. The molecule has 31 heavy (non-hydrogen) atoms. The molecule has 0 heterocycles.